The Labute approximate surface area is 110 Å². The summed E-state index contributed by atoms with van der Waals surface area (Å²) in [5, 5.41) is 12.0. The van der Waals surface area contributed by atoms with Crippen LogP contribution in [0.4, 0.5) is 6.01 Å². The van der Waals surface area contributed by atoms with E-state index in [1.165, 1.54) is 12.1 Å². The van der Waals surface area contributed by atoms with Gasteiger partial charge in [-0.2, -0.15) is 4.98 Å². The fraction of sp³-hybridized carbons (Fsp3) is 0.385. The molecule has 0 aliphatic rings. The lowest BCUT2D eigenvalue weighted by Gasteiger charge is -2.10. The Morgan fingerprint density at radius 3 is 3.05 bits per heavy atom. The number of aromatic nitrogens is 1. The smallest absolute Gasteiger partial charge is 0.335 e. The van der Waals surface area contributed by atoms with E-state index in [-0.39, 0.29) is 11.6 Å². The van der Waals surface area contributed by atoms with Crippen molar-refractivity contribution in [2.75, 3.05) is 19.0 Å². The highest BCUT2D eigenvalue weighted by Crippen LogP contribution is 2.21. The SMILES string of the molecule is COCCC(C)Nc1nc2ccc(C(=O)O)cc2o1. The molecule has 0 saturated heterocycles. The van der Waals surface area contributed by atoms with Crippen molar-refractivity contribution >= 4 is 23.1 Å². The second-order valence-corrected chi connectivity index (χ2v) is 4.33. The molecule has 102 valence electrons. The molecule has 6 heteroatoms. The standard InChI is InChI=1S/C13H16N2O4/c1-8(5-6-18-2)14-13-15-10-4-3-9(12(16)17)7-11(10)19-13/h3-4,7-8H,5-6H2,1-2H3,(H,14,15)(H,16,17). The number of fused-ring (bicyclic) bond motifs is 1. The van der Waals surface area contributed by atoms with E-state index in [1.54, 1.807) is 13.2 Å². The monoisotopic (exact) mass is 264 g/mol. The van der Waals surface area contributed by atoms with Gasteiger partial charge in [0.25, 0.3) is 6.01 Å². The molecule has 0 aliphatic heterocycles. The van der Waals surface area contributed by atoms with E-state index < -0.39 is 5.97 Å². The highest BCUT2D eigenvalue weighted by Gasteiger charge is 2.11. The lowest BCUT2D eigenvalue weighted by atomic mass is 10.2. The number of anilines is 1. The van der Waals surface area contributed by atoms with Crippen LogP contribution in [0.2, 0.25) is 0 Å². The zero-order valence-corrected chi connectivity index (χ0v) is 10.8. The van der Waals surface area contributed by atoms with Gasteiger partial charge in [0, 0.05) is 19.8 Å². The highest BCUT2D eigenvalue weighted by atomic mass is 16.5. The minimum Gasteiger partial charge on any atom is -0.478 e. The Hall–Kier alpha value is -2.08. The summed E-state index contributed by atoms with van der Waals surface area (Å²) < 4.78 is 10.5. The number of benzene rings is 1. The number of methoxy groups -OCH3 is 1. The summed E-state index contributed by atoms with van der Waals surface area (Å²) in [6, 6.07) is 5.15. The van der Waals surface area contributed by atoms with Crippen LogP contribution in [0.15, 0.2) is 22.6 Å². The molecule has 2 aromatic rings. The van der Waals surface area contributed by atoms with Crippen molar-refractivity contribution in [3.05, 3.63) is 23.8 Å². The molecule has 1 atom stereocenters. The molecule has 1 aromatic heterocycles. The zero-order valence-electron chi connectivity index (χ0n) is 10.8. The number of ether oxygens (including phenoxy) is 1. The number of oxazole rings is 1. The van der Waals surface area contributed by atoms with Gasteiger partial charge in [0.05, 0.1) is 5.56 Å². The van der Waals surface area contributed by atoms with Crippen LogP contribution in [0.3, 0.4) is 0 Å². The fourth-order valence-electron chi connectivity index (χ4n) is 1.70. The van der Waals surface area contributed by atoms with Crippen molar-refractivity contribution in [3.8, 4) is 0 Å². The molecule has 6 nitrogen and oxygen atoms in total. The topological polar surface area (TPSA) is 84.6 Å². The molecule has 0 radical (unpaired) electrons. The van der Waals surface area contributed by atoms with Gasteiger partial charge in [0.15, 0.2) is 5.58 Å². The Morgan fingerprint density at radius 2 is 2.37 bits per heavy atom. The van der Waals surface area contributed by atoms with Gasteiger partial charge in [-0.3, -0.25) is 0 Å². The van der Waals surface area contributed by atoms with Crippen molar-refractivity contribution in [2.45, 2.75) is 19.4 Å². The molecule has 0 bridgehead atoms. The van der Waals surface area contributed by atoms with E-state index in [2.05, 4.69) is 10.3 Å². The predicted molar refractivity (Wildman–Crippen MR) is 70.5 cm³/mol. The van der Waals surface area contributed by atoms with Crippen LogP contribution in [0, 0.1) is 0 Å². The van der Waals surface area contributed by atoms with Crippen molar-refractivity contribution in [1.29, 1.82) is 0 Å². The molecule has 0 saturated carbocycles. The normalized spacial score (nSPS) is 12.5. The average Bonchev–Trinajstić information content (AvgIpc) is 2.77. The molecule has 0 fully saturated rings. The van der Waals surface area contributed by atoms with Crippen molar-refractivity contribution in [2.24, 2.45) is 0 Å². The maximum Gasteiger partial charge on any atom is 0.335 e. The van der Waals surface area contributed by atoms with E-state index in [9.17, 15) is 4.79 Å². The summed E-state index contributed by atoms with van der Waals surface area (Å²) in [6.07, 6.45) is 0.829. The van der Waals surface area contributed by atoms with Gasteiger partial charge in [-0.05, 0) is 31.5 Å². The molecule has 2 rings (SSSR count). The maximum atomic E-state index is 10.9. The average molecular weight is 264 g/mol. The van der Waals surface area contributed by atoms with E-state index in [0.29, 0.717) is 23.7 Å². The third-order valence-corrected chi connectivity index (χ3v) is 2.76. The summed E-state index contributed by atoms with van der Waals surface area (Å²) >= 11 is 0. The molecule has 1 unspecified atom stereocenters. The predicted octanol–water partition coefficient (Wildman–Crippen LogP) is 2.36. The number of carboxylic acid groups (broad SMARTS) is 1. The van der Waals surface area contributed by atoms with Crippen LogP contribution >= 0.6 is 0 Å². The summed E-state index contributed by atoms with van der Waals surface area (Å²) in [6.45, 7) is 2.65. The van der Waals surface area contributed by atoms with Gasteiger partial charge in [0.1, 0.15) is 5.52 Å². The second-order valence-electron chi connectivity index (χ2n) is 4.33. The number of rotatable bonds is 6. The molecular formula is C13H16N2O4. The van der Waals surface area contributed by atoms with Crippen LogP contribution in [0.1, 0.15) is 23.7 Å². The van der Waals surface area contributed by atoms with Gasteiger partial charge < -0.3 is 19.6 Å². The number of nitrogens with zero attached hydrogens (tertiary/aromatic N) is 1. The highest BCUT2D eigenvalue weighted by molar-refractivity contribution is 5.92. The summed E-state index contributed by atoms with van der Waals surface area (Å²) in [4.78, 5) is 15.1. The molecule has 0 spiro atoms. The van der Waals surface area contributed by atoms with E-state index in [4.69, 9.17) is 14.3 Å². The van der Waals surface area contributed by atoms with Crippen LogP contribution in [-0.2, 0) is 4.74 Å². The molecule has 0 aliphatic carbocycles. The minimum absolute atomic E-state index is 0.159. The van der Waals surface area contributed by atoms with E-state index in [1.807, 2.05) is 6.92 Å². The quantitative estimate of drug-likeness (QED) is 0.833. The van der Waals surface area contributed by atoms with Crippen molar-refractivity contribution < 1.29 is 19.1 Å². The van der Waals surface area contributed by atoms with Crippen LogP contribution < -0.4 is 5.32 Å². The van der Waals surface area contributed by atoms with Gasteiger partial charge in [-0.15, -0.1) is 0 Å². The lowest BCUT2D eigenvalue weighted by Crippen LogP contribution is -2.17. The van der Waals surface area contributed by atoms with Crippen molar-refractivity contribution in [3.63, 3.8) is 0 Å². The Balaban J connectivity index is 2.15. The van der Waals surface area contributed by atoms with Gasteiger partial charge in [-0.1, -0.05) is 0 Å². The van der Waals surface area contributed by atoms with Gasteiger partial charge >= 0.3 is 5.97 Å². The fourth-order valence-corrected chi connectivity index (χ4v) is 1.70. The number of nitrogens with one attached hydrogen (secondary N) is 1. The third kappa shape index (κ3) is 3.23. The first-order valence-corrected chi connectivity index (χ1v) is 5.99. The molecule has 0 amide bonds. The van der Waals surface area contributed by atoms with Crippen LogP contribution in [0.25, 0.3) is 11.1 Å². The summed E-state index contributed by atoms with van der Waals surface area (Å²) in [5.74, 6) is -0.985. The first-order chi connectivity index (χ1) is 9.10. The number of hydrogen-bond donors (Lipinski definition) is 2. The third-order valence-electron chi connectivity index (χ3n) is 2.76. The Bertz CT molecular complexity index is 579. The largest absolute Gasteiger partial charge is 0.478 e. The molecule has 1 heterocycles. The number of carbonyl (C=O) groups is 1. The lowest BCUT2D eigenvalue weighted by molar-refractivity contribution is 0.0697. The van der Waals surface area contributed by atoms with Crippen molar-refractivity contribution in [1.82, 2.24) is 4.98 Å². The first-order valence-electron chi connectivity index (χ1n) is 5.99. The molecule has 2 N–H and O–H groups in total. The number of hydrogen-bond acceptors (Lipinski definition) is 5. The second kappa shape index (κ2) is 5.71. The maximum absolute atomic E-state index is 10.9. The van der Waals surface area contributed by atoms with Crippen LogP contribution in [0.5, 0.6) is 0 Å². The Morgan fingerprint density at radius 1 is 1.58 bits per heavy atom. The zero-order chi connectivity index (χ0) is 13.8. The summed E-state index contributed by atoms with van der Waals surface area (Å²) in [7, 11) is 1.65. The number of aromatic carboxylic acids is 1. The molecule has 19 heavy (non-hydrogen) atoms. The van der Waals surface area contributed by atoms with Gasteiger partial charge in [0.2, 0.25) is 0 Å². The van der Waals surface area contributed by atoms with E-state index in [0.717, 1.165) is 6.42 Å². The molecular weight excluding hydrogens is 248 g/mol. The Kier molecular flexibility index (Phi) is 4.01. The van der Waals surface area contributed by atoms with E-state index >= 15 is 0 Å². The molecule has 1 aromatic carbocycles. The van der Waals surface area contributed by atoms with Gasteiger partial charge in [-0.25, -0.2) is 4.79 Å². The first kappa shape index (κ1) is 13.4. The minimum atomic E-state index is -0.985. The number of carboxylic acids is 1. The van der Waals surface area contributed by atoms with Crippen LogP contribution in [-0.4, -0.2) is 35.8 Å². The summed E-state index contributed by atoms with van der Waals surface area (Å²) in [5.41, 5.74) is 1.27.